The van der Waals surface area contributed by atoms with Crippen molar-refractivity contribution in [2.75, 3.05) is 6.54 Å². The number of nitrogens with zero attached hydrogens (tertiary/aromatic N) is 1. The minimum atomic E-state index is -0.720. The van der Waals surface area contributed by atoms with Crippen LogP contribution in [0.2, 0.25) is 0 Å². The number of carbonyl (C=O) groups is 1. The Labute approximate surface area is 136 Å². The third-order valence-corrected chi connectivity index (χ3v) is 4.26. The number of nitrogens with one attached hydrogen (secondary N) is 1. The van der Waals surface area contributed by atoms with Crippen molar-refractivity contribution in [1.82, 2.24) is 9.88 Å². The summed E-state index contributed by atoms with van der Waals surface area (Å²) in [5.41, 5.74) is 1.96. The maximum absolute atomic E-state index is 11.9. The van der Waals surface area contributed by atoms with E-state index in [0.717, 1.165) is 5.56 Å². The molecule has 0 bridgehead atoms. The molecule has 23 heavy (non-hydrogen) atoms. The highest BCUT2D eigenvalue weighted by Crippen LogP contribution is 2.15. The Bertz CT molecular complexity index is 850. The van der Waals surface area contributed by atoms with Crippen LogP contribution in [0.25, 0.3) is 11.1 Å². The molecule has 1 unspecified atom stereocenters. The van der Waals surface area contributed by atoms with Crippen LogP contribution in [0.5, 0.6) is 0 Å². The number of oxazole rings is 1. The first kappa shape index (κ1) is 15.5. The van der Waals surface area contributed by atoms with Crippen LogP contribution in [-0.4, -0.2) is 22.1 Å². The minimum absolute atomic E-state index is 0.139. The molecule has 0 aliphatic rings. The highest BCUT2D eigenvalue weighted by atomic mass is 32.1. The van der Waals surface area contributed by atoms with Gasteiger partial charge in [-0.1, -0.05) is 12.1 Å². The quantitative estimate of drug-likeness (QED) is 0.722. The molecule has 6 nitrogen and oxygen atoms in total. The molecule has 1 aromatic carbocycles. The van der Waals surface area contributed by atoms with E-state index < -0.39 is 11.9 Å². The van der Waals surface area contributed by atoms with Gasteiger partial charge in [-0.05, 0) is 34.5 Å². The number of amides is 1. The lowest BCUT2D eigenvalue weighted by Gasteiger charge is -2.10. The Balaban J connectivity index is 1.56. The van der Waals surface area contributed by atoms with Crippen molar-refractivity contribution in [3.05, 3.63) is 57.2 Å². The summed E-state index contributed by atoms with van der Waals surface area (Å²) in [7, 11) is 0. The van der Waals surface area contributed by atoms with Gasteiger partial charge in [0.25, 0.3) is 0 Å². The van der Waals surface area contributed by atoms with Gasteiger partial charge >= 0.3 is 5.76 Å². The first-order valence-electron chi connectivity index (χ1n) is 7.20. The zero-order chi connectivity index (χ0) is 16.2. The van der Waals surface area contributed by atoms with Crippen molar-refractivity contribution >= 4 is 28.3 Å². The standard InChI is InChI=1S/C16H16N2O4S/c19-13(11-6-8-23-10-11)9-17-15(20)5-7-18-12-3-1-2-4-14(12)22-16(18)21/h1-4,6,8,10,13,19H,5,7,9H2,(H,17,20). The average Bonchev–Trinajstić information content (AvgIpc) is 3.18. The second-order valence-electron chi connectivity index (χ2n) is 5.11. The lowest BCUT2D eigenvalue weighted by molar-refractivity contribution is -0.121. The molecule has 2 heterocycles. The monoisotopic (exact) mass is 332 g/mol. The summed E-state index contributed by atoms with van der Waals surface area (Å²) >= 11 is 1.49. The number of aromatic nitrogens is 1. The topological polar surface area (TPSA) is 84.5 Å². The van der Waals surface area contributed by atoms with Crippen LogP contribution in [0.3, 0.4) is 0 Å². The molecular formula is C16H16N2O4S. The van der Waals surface area contributed by atoms with E-state index in [4.69, 9.17) is 4.42 Å². The molecule has 0 saturated carbocycles. The van der Waals surface area contributed by atoms with E-state index in [1.807, 2.05) is 22.9 Å². The number of aliphatic hydroxyl groups excluding tert-OH is 1. The van der Waals surface area contributed by atoms with Crippen molar-refractivity contribution < 1.29 is 14.3 Å². The molecule has 0 aliphatic heterocycles. The predicted molar refractivity (Wildman–Crippen MR) is 87.4 cm³/mol. The lowest BCUT2D eigenvalue weighted by Crippen LogP contribution is -2.29. The van der Waals surface area contributed by atoms with E-state index in [-0.39, 0.29) is 25.4 Å². The molecular weight excluding hydrogens is 316 g/mol. The number of aryl methyl sites for hydroxylation is 1. The van der Waals surface area contributed by atoms with Crippen molar-refractivity contribution in [3.8, 4) is 0 Å². The first-order valence-corrected chi connectivity index (χ1v) is 8.14. The normalized spacial score (nSPS) is 12.4. The van der Waals surface area contributed by atoms with Gasteiger partial charge in [-0.25, -0.2) is 4.79 Å². The van der Waals surface area contributed by atoms with Crippen molar-refractivity contribution in [3.63, 3.8) is 0 Å². The minimum Gasteiger partial charge on any atom is -0.408 e. The van der Waals surface area contributed by atoms with Gasteiger partial charge in [0.2, 0.25) is 5.91 Å². The Morgan fingerprint density at radius 3 is 2.96 bits per heavy atom. The summed E-state index contributed by atoms with van der Waals surface area (Å²) in [4.78, 5) is 23.7. The Kier molecular flexibility index (Phi) is 4.59. The Morgan fingerprint density at radius 1 is 1.35 bits per heavy atom. The van der Waals surface area contributed by atoms with Gasteiger partial charge in [-0.15, -0.1) is 0 Å². The van der Waals surface area contributed by atoms with E-state index in [1.54, 1.807) is 18.2 Å². The highest BCUT2D eigenvalue weighted by Gasteiger charge is 2.12. The first-order chi connectivity index (χ1) is 11.1. The number of hydrogen-bond donors (Lipinski definition) is 2. The number of thiophene rings is 1. The van der Waals surface area contributed by atoms with Crippen molar-refractivity contribution in [2.45, 2.75) is 19.1 Å². The van der Waals surface area contributed by atoms with E-state index in [0.29, 0.717) is 11.1 Å². The number of fused-ring (bicyclic) bond motifs is 1. The molecule has 1 amide bonds. The van der Waals surface area contributed by atoms with Crippen LogP contribution in [0.1, 0.15) is 18.1 Å². The second kappa shape index (κ2) is 6.80. The molecule has 0 aliphatic carbocycles. The predicted octanol–water partition coefficient (Wildman–Crippen LogP) is 1.90. The molecule has 3 aromatic rings. The molecule has 2 N–H and O–H groups in total. The van der Waals surface area contributed by atoms with Crippen molar-refractivity contribution in [1.29, 1.82) is 0 Å². The number of benzene rings is 1. The average molecular weight is 332 g/mol. The van der Waals surface area contributed by atoms with E-state index in [9.17, 15) is 14.7 Å². The number of carbonyl (C=O) groups excluding carboxylic acids is 1. The van der Waals surface area contributed by atoms with Crippen LogP contribution in [0, 0.1) is 0 Å². The lowest BCUT2D eigenvalue weighted by atomic mass is 10.2. The molecule has 1 atom stereocenters. The fourth-order valence-electron chi connectivity index (χ4n) is 2.32. The smallest absolute Gasteiger partial charge is 0.408 e. The van der Waals surface area contributed by atoms with Crippen LogP contribution >= 0.6 is 11.3 Å². The molecule has 120 valence electrons. The van der Waals surface area contributed by atoms with Gasteiger partial charge in [0, 0.05) is 19.5 Å². The molecule has 7 heteroatoms. The van der Waals surface area contributed by atoms with Crippen LogP contribution < -0.4 is 11.1 Å². The molecule has 0 saturated heterocycles. The number of rotatable bonds is 6. The van der Waals surface area contributed by atoms with Gasteiger partial charge in [-0.2, -0.15) is 11.3 Å². The SMILES string of the molecule is O=C(CCn1c(=O)oc2ccccc21)NCC(O)c1ccsc1. The van der Waals surface area contributed by atoms with E-state index >= 15 is 0 Å². The number of aliphatic hydroxyl groups is 1. The number of para-hydroxylation sites is 2. The molecule has 0 fully saturated rings. The summed E-state index contributed by atoms with van der Waals surface area (Å²) in [5.74, 6) is -0.700. The fourth-order valence-corrected chi connectivity index (χ4v) is 3.03. The second-order valence-corrected chi connectivity index (χ2v) is 5.89. The Hall–Kier alpha value is -2.38. The van der Waals surface area contributed by atoms with E-state index in [2.05, 4.69) is 5.32 Å². The number of hydrogen-bond acceptors (Lipinski definition) is 5. The maximum atomic E-state index is 11.9. The third-order valence-electron chi connectivity index (χ3n) is 3.56. The largest absolute Gasteiger partial charge is 0.419 e. The zero-order valence-electron chi connectivity index (χ0n) is 12.3. The fraction of sp³-hybridized carbons (Fsp3) is 0.250. The van der Waals surface area contributed by atoms with Crippen LogP contribution in [-0.2, 0) is 11.3 Å². The summed E-state index contributed by atoms with van der Waals surface area (Å²) in [6, 6.07) is 8.90. The molecule has 3 rings (SSSR count). The third kappa shape index (κ3) is 3.52. The summed E-state index contributed by atoms with van der Waals surface area (Å²) in [6.45, 7) is 0.382. The highest BCUT2D eigenvalue weighted by molar-refractivity contribution is 7.07. The Morgan fingerprint density at radius 2 is 2.17 bits per heavy atom. The molecule has 0 spiro atoms. The van der Waals surface area contributed by atoms with Gasteiger partial charge in [0.15, 0.2) is 5.58 Å². The van der Waals surface area contributed by atoms with Crippen molar-refractivity contribution in [2.24, 2.45) is 0 Å². The van der Waals surface area contributed by atoms with Crippen LogP contribution in [0.15, 0.2) is 50.3 Å². The molecule has 2 aromatic heterocycles. The zero-order valence-corrected chi connectivity index (χ0v) is 13.1. The maximum Gasteiger partial charge on any atom is 0.419 e. The molecule has 0 radical (unpaired) electrons. The van der Waals surface area contributed by atoms with Gasteiger partial charge in [0.05, 0.1) is 11.6 Å². The van der Waals surface area contributed by atoms with Crippen LogP contribution in [0.4, 0.5) is 0 Å². The van der Waals surface area contributed by atoms with E-state index in [1.165, 1.54) is 15.9 Å². The van der Waals surface area contributed by atoms with Gasteiger partial charge in [0.1, 0.15) is 0 Å². The summed E-state index contributed by atoms with van der Waals surface area (Å²) in [5, 5.41) is 16.3. The van der Waals surface area contributed by atoms with Gasteiger partial charge < -0.3 is 14.8 Å². The summed E-state index contributed by atoms with van der Waals surface area (Å²) in [6.07, 6.45) is -0.581. The van der Waals surface area contributed by atoms with Gasteiger partial charge in [-0.3, -0.25) is 9.36 Å². The summed E-state index contributed by atoms with van der Waals surface area (Å²) < 4.78 is 6.55.